The molecule has 2 heterocycles. The highest BCUT2D eigenvalue weighted by Crippen LogP contribution is 2.18. The Hall–Kier alpha value is -3.22. The van der Waals surface area contributed by atoms with Crippen LogP contribution in [0.5, 0.6) is 5.88 Å². The SMILES string of the molecule is CCc1cccc(NC(=O)c2cnn(-c3ccc(OC)nn3)c2CC)c1. The number of methoxy groups -OCH3 is 1. The first-order chi connectivity index (χ1) is 12.7. The third-order valence-corrected chi connectivity index (χ3v) is 4.09. The van der Waals surface area contributed by atoms with E-state index < -0.39 is 0 Å². The van der Waals surface area contributed by atoms with E-state index >= 15 is 0 Å². The molecule has 0 radical (unpaired) electrons. The lowest BCUT2D eigenvalue weighted by atomic mass is 10.1. The topological polar surface area (TPSA) is 81.9 Å². The number of nitrogens with zero attached hydrogens (tertiary/aromatic N) is 4. The molecule has 7 nitrogen and oxygen atoms in total. The maximum atomic E-state index is 12.7. The van der Waals surface area contributed by atoms with Crippen molar-refractivity contribution < 1.29 is 9.53 Å². The zero-order valence-electron chi connectivity index (χ0n) is 15.1. The smallest absolute Gasteiger partial charge is 0.259 e. The van der Waals surface area contributed by atoms with E-state index in [9.17, 15) is 4.79 Å². The Bertz CT molecular complexity index is 903. The van der Waals surface area contributed by atoms with Crippen molar-refractivity contribution in [3.8, 4) is 11.7 Å². The van der Waals surface area contributed by atoms with Crippen molar-refractivity contribution in [2.45, 2.75) is 26.7 Å². The Labute approximate surface area is 152 Å². The first-order valence-electron chi connectivity index (χ1n) is 8.51. The molecule has 26 heavy (non-hydrogen) atoms. The van der Waals surface area contributed by atoms with Crippen molar-refractivity contribution in [3.05, 3.63) is 59.4 Å². The summed E-state index contributed by atoms with van der Waals surface area (Å²) >= 11 is 0. The van der Waals surface area contributed by atoms with E-state index in [1.807, 2.05) is 31.2 Å². The van der Waals surface area contributed by atoms with Crippen LogP contribution in [0.15, 0.2) is 42.6 Å². The van der Waals surface area contributed by atoms with Crippen LogP contribution in [0.3, 0.4) is 0 Å². The van der Waals surface area contributed by atoms with Crippen LogP contribution in [0.25, 0.3) is 5.82 Å². The average Bonchev–Trinajstić information content (AvgIpc) is 3.12. The highest BCUT2D eigenvalue weighted by atomic mass is 16.5. The van der Waals surface area contributed by atoms with Gasteiger partial charge in [-0.15, -0.1) is 10.2 Å². The predicted octanol–water partition coefficient (Wildman–Crippen LogP) is 3.05. The van der Waals surface area contributed by atoms with Gasteiger partial charge in [0, 0.05) is 11.8 Å². The fraction of sp³-hybridized carbons (Fsp3) is 0.263. The number of rotatable bonds is 6. The summed E-state index contributed by atoms with van der Waals surface area (Å²) in [5, 5.41) is 15.3. The highest BCUT2D eigenvalue weighted by molar-refractivity contribution is 6.05. The Kier molecular flexibility index (Phi) is 5.26. The molecule has 3 rings (SSSR count). The van der Waals surface area contributed by atoms with Crippen molar-refractivity contribution in [2.75, 3.05) is 12.4 Å². The first kappa shape index (κ1) is 17.6. The summed E-state index contributed by atoms with van der Waals surface area (Å²) in [5.74, 6) is 0.769. The molecule has 0 spiro atoms. The van der Waals surface area contributed by atoms with Gasteiger partial charge in [-0.1, -0.05) is 26.0 Å². The molecule has 0 atom stereocenters. The predicted molar refractivity (Wildman–Crippen MR) is 98.9 cm³/mol. The quantitative estimate of drug-likeness (QED) is 0.738. The molecule has 7 heteroatoms. The Morgan fingerprint density at radius 2 is 2.00 bits per heavy atom. The van der Waals surface area contributed by atoms with Crippen LogP contribution in [0.4, 0.5) is 5.69 Å². The number of benzene rings is 1. The molecule has 2 aromatic heterocycles. The van der Waals surface area contributed by atoms with Crippen molar-refractivity contribution in [1.82, 2.24) is 20.0 Å². The van der Waals surface area contributed by atoms with Crippen LogP contribution in [0.1, 0.15) is 35.5 Å². The number of anilines is 1. The summed E-state index contributed by atoms with van der Waals surface area (Å²) in [6.07, 6.45) is 3.10. The second kappa shape index (κ2) is 7.77. The second-order valence-electron chi connectivity index (χ2n) is 5.71. The van der Waals surface area contributed by atoms with Crippen molar-refractivity contribution in [3.63, 3.8) is 0 Å². The third-order valence-electron chi connectivity index (χ3n) is 4.09. The minimum atomic E-state index is -0.192. The third kappa shape index (κ3) is 3.56. The van der Waals surface area contributed by atoms with Crippen molar-refractivity contribution in [2.24, 2.45) is 0 Å². The van der Waals surface area contributed by atoms with Gasteiger partial charge in [0.1, 0.15) is 0 Å². The highest BCUT2D eigenvalue weighted by Gasteiger charge is 2.18. The van der Waals surface area contributed by atoms with Gasteiger partial charge in [0.05, 0.1) is 24.6 Å². The largest absolute Gasteiger partial charge is 0.480 e. The van der Waals surface area contributed by atoms with Crippen LogP contribution < -0.4 is 10.1 Å². The number of aryl methyl sites for hydroxylation is 1. The zero-order chi connectivity index (χ0) is 18.5. The van der Waals surface area contributed by atoms with E-state index in [0.29, 0.717) is 23.7 Å². The number of amides is 1. The van der Waals surface area contributed by atoms with E-state index in [-0.39, 0.29) is 5.91 Å². The van der Waals surface area contributed by atoms with Gasteiger partial charge in [0.2, 0.25) is 5.88 Å². The van der Waals surface area contributed by atoms with Gasteiger partial charge < -0.3 is 10.1 Å². The molecule has 1 N–H and O–H groups in total. The van der Waals surface area contributed by atoms with E-state index in [2.05, 4.69) is 27.5 Å². The molecular weight excluding hydrogens is 330 g/mol. The van der Waals surface area contributed by atoms with E-state index in [1.165, 1.54) is 12.7 Å². The Balaban J connectivity index is 1.87. The van der Waals surface area contributed by atoms with Crippen LogP contribution in [-0.2, 0) is 12.8 Å². The van der Waals surface area contributed by atoms with E-state index in [4.69, 9.17) is 4.74 Å². The molecule has 3 aromatic rings. The Morgan fingerprint density at radius 3 is 2.65 bits per heavy atom. The molecule has 0 aliphatic rings. The zero-order valence-corrected chi connectivity index (χ0v) is 15.1. The summed E-state index contributed by atoms with van der Waals surface area (Å²) in [4.78, 5) is 12.7. The monoisotopic (exact) mass is 351 g/mol. The van der Waals surface area contributed by atoms with Gasteiger partial charge in [-0.3, -0.25) is 4.79 Å². The van der Waals surface area contributed by atoms with Crippen molar-refractivity contribution in [1.29, 1.82) is 0 Å². The van der Waals surface area contributed by atoms with Crippen LogP contribution >= 0.6 is 0 Å². The molecule has 0 saturated heterocycles. The fourth-order valence-electron chi connectivity index (χ4n) is 2.70. The number of nitrogens with one attached hydrogen (secondary N) is 1. The fourth-order valence-corrected chi connectivity index (χ4v) is 2.70. The summed E-state index contributed by atoms with van der Waals surface area (Å²) in [6.45, 7) is 4.05. The molecule has 0 fully saturated rings. The number of carbonyl (C=O) groups is 1. The van der Waals surface area contributed by atoms with Gasteiger partial charge in [-0.25, -0.2) is 4.68 Å². The first-order valence-corrected chi connectivity index (χ1v) is 8.51. The number of hydrogen-bond donors (Lipinski definition) is 1. The Morgan fingerprint density at radius 1 is 1.15 bits per heavy atom. The minimum absolute atomic E-state index is 0.192. The maximum Gasteiger partial charge on any atom is 0.259 e. The maximum absolute atomic E-state index is 12.7. The van der Waals surface area contributed by atoms with Crippen LogP contribution in [0.2, 0.25) is 0 Å². The van der Waals surface area contributed by atoms with Crippen LogP contribution in [0, 0.1) is 0 Å². The summed E-state index contributed by atoms with van der Waals surface area (Å²) in [7, 11) is 1.53. The molecule has 0 unspecified atom stereocenters. The number of carbonyl (C=O) groups excluding carboxylic acids is 1. The van der Waals surface area contributed by atoms with Crippen molar-refractivity contribution >= 4 is 11.6 Å². The molecule has 134 valence electrons. The van der Waals surface area contributed by atoms with E-state index in [1.54, 1.807) is 23.0 Å². The van der Waals surface area contributed by atoms with Gasteiger partial charge in [-0.2, -0.15) is 5.10 Å². The molecule has 1 amide bonds. The minimum Gasteiger partial charge on any atom is -0.480 e. The average molecular weight is 351 g/mol. The number of aromatic nitrogens is 4. The van der Waals surface area contributed by atoms with E-state index in [0.717, 1.165) is 17.8 Å². The molecule has 1 aromatic carbocycles. The molecule has 0 bridgehead atoms. The standard InChI is InChI=1S/C19H21N5O2/c1-4-13-7-6-8-14(11-13)21-19(25)15-12-20-24(16(15)5-2)17-9-10-18(26-3)23-22-17/h6-12H,4-5H2,1-3H3,(H,21,25). The van der Waals surface area contributed by atoms with Gasteiger partial charge in [-0.05, 0) is 36.6 Å². The molecule has 0 aliphatic heterocycles. The van der Waals surface area contributed by atoms with Gasteiger partial charge >= 0.3 is 0 Å². The number of hydrogen-bond acceptors (Lipinski definition) is 5. The molecular formula is C19H21N5O2. The lowest BCUT2D eigenvalue weighted by Gasteiger charge is -2.09. The normalized spacial score (nSPS) is 10.6. The lowest BCUT2D eigenvalue weighted by Crippen LogP contribution is -2.14. The summed E-state index contributed by atoms with van der Waals surface area (Å²) in [6, 6.07) is 11.3. The summed E-state index contributed by atoms with van der Waals surface area (Å²) in [5.41, 5.74) is 3.23. The molecule has 0 saturated carbocycles. The van der Waals surface area contributed by atoms with Gasteiger partial charge in [0.15, 0.2) is 5.82 Å². The van der Waals surface area contributed by atoms with Crippen LogP contribution in [-0.4, -0.2) is 33.0 Å². The lowest BCUT2D eigenvalue weighted by molar-refractivity contribution is 0.102. The summed E-state index contributed by atoms with van der Waals surface area (Å²) < 4.78 is 6.65. The number of ether oxygens (including phenoxy) is 1. The second-order valence-corrected chi connectivity index (χ2v) is 5.71. The molecule has 0 aliphatic carbocycles. The van der Waals surface area contributed by atoms with Gasteiger partial charge in [0.25, 0.3) is 5.91 Å².